The molecule has 0 aliphatic carbocycles. The normalized spacial score (nSPS) is 9.27. The average molecular weight is 151 g/mol. The second-order valence-electron chi connectivity index (χ2n) is 2.25. The molecule has 1 rings (SSSR count). The fraction of sp³-hybridized carbons (Fsp3) is 0.250. The van der Waals surface area contributed by atoms with Gasteiger partial charge in [0.15, 0.2) is 0 Å². The first-order valence-corrected chi connectivity index (χ1v) is 3.26. The zero-order valence-electron chi connectivity index (χ0n) is 6.50. The molecule has 0 saturated heterocycles. The first kappa shape index (κ1) is 7.72. The molecule has 0 radical (unpaired) electrons. The largest absolute Gasteiger partial charge is 0.496 e. The maximum absolute atomic E-state index is 10.1. The summed E-state index contributed by atoms with van der Waals surface area (Å²) in [7, 11) is 1.59. The third-order valence-corrected chi connectivity index (χ3v) is 1.48. The Labute approximate surface area is 65.0 Å². The maximum atomic E-state index is 10.1. The first-order chi connectivity index (χ1) is 5.27. The molecule has 0 unspecified atom stereocenters. The van der Waals surface area contributed by atoms with Crippen molar-refractivity contribution < 1.29 is 4.74 Å². The zero-order chi connectivity index (χ0) is 8.27. The number of nitrogens with zero attached hydrogens (tertiary/aromatic N) is 1. The molecule has 0 aromatic heterocycles. The molecule has 0 saturated carbocycles. The summed E-state index contributed by atoms with van der Waals surface area (Å²) in [5, 5.41) is 2.80. The molecule has 0 spiro atoms. The van der Waals surface area contributed by atoms with E-state index < -0.39 is 0 Å². The van der Waals surface area contributed by atoms with Gasteiger partial charge < -0.3 is 4.74 Å². The van der Waals surface area contributed by atoms with Crippen molar-refractivity contribution in [1.82, 2.24) is 0 Å². The van der Waals surface area contributed by atoms with Crippen molar-refractivity contribution >= 4 is 5.69 Å². The number of aryl methyl sites for hydroxylation is 1. The van der Waals surface area contributed by atoms with Gasteiger partial charge in [0, 0.05) is 0 Å². The summed E-state index contributed by atoms with van der Waals surface area (Å²) in [6.07, 6.45) is 0. The molecule has 1 aromatic carbocycles. The zero-order valence-corrected chi connectivity index (χ0v) is 6.50. The van der Waals surface area contributed by atoms with Gasteiger partial charge in [-0.2, -0.15) is 0 Å². The number of benzene rings is 1. The molecule has 11 heavy (non-hydrogen) atoms. The first-order valence-electron chi connectivity index (χ1n) is 3.26. The van der Waals surface area contributed by atoms with E-state index in [1.165, 1.54) is 0 Å². The minimum atomic E-state index is 0.434. The van der Waals surface area contributed by atoms with Gasteiger partial charge in [0.05, 0.1) is 7.11 Å². The maximum Gasteiger partial charge on any atom is 0.121 e. The Morgan fingerprint density at radius 3 is 2.64 bits per heavy atom. The second kappa shape index (κ2) is 3.14. The van der Waals surface area contributed by atoms with E-state index in [0.717, 1.165) is 11.3 Å². The van der Waals surface area contributed by atoms with Crippen LogP contribution in [0.25, 0.3) is 0 Å². The van der Waals surface area contributed by atoms with Crippen LogP contribution in [0.3, 0.4) is 0 Å². The fourth-order valence-electron chi connectivity index (χ4n) is 0.919. The van der Waals surface area contributed by atoms with Gasteiger partial charge in [-0.25, -0.2) is 0 Å². The Morgan fingerprint density at radius 1 is 1.45 bits per heavy atom. The number of hydrogen-bond donors (Lipinski definition) is 0. The number of methoxy groups -OCH3 is 1. The van der Waals surface area contributed by atoms with Crippen LogP contribution in [-0.4, -0.2) is 7.11 Å². The molecule has 0 atom stereocenters. The topological polar surface area (TPSA) is 38.7 Å². The van der Waals surface area contributed by atoms with Crippen molar-refractivity contribution in [2.45, 2.75) is 6.92 Å². The summed E-state index contributed by atoms with van der Waals surface area (Å²) in [6.45, 7) is 1.87. The Hall–Kier alpha value is -1.38. The molecule has 3 nitrogen and oxygen atoms in total. The van der Waals surface area contributed by atoms with Gasteiger partial charge >= 0.3 is 0 Å². The van der Waals surface area contributed by atoms with E-state index in [0.29, 0.717) is 5.69 Å². The average Bonchev–Trinajstić information content (AvgIpc) is 2.04. The van der Waals surface area contributed by atoms with Crippen molar-refractivity contribution in [3.63, 3.8) is 0 Å². The lowest BCUT2D eigenvalue weighted by molar-refractivity contribution is 0.412. The van der Waals surface area contributed by atoms with Crippen molar-refractivity contribution in [3.8, 4) is 5.75 Å². The summed E-state index contributed by atoms with van der Waals surface area (Å²) in [5.74, 6) is 0.775. The summed E-state index contributed by atoms with van der Waals surface area (Å²) in [6, 6.07) is 5.04. The third kappa shape index (κ3) is 1.55. The molecule has 0 heterocycles. The molecule has 0 fully saturated rings. The van der Waals surface area contributed by atoms with Crippen molar-refractivity contribution in [2.24, 2.45) is 5.18 Å². The molecule has 0 aliphatic heterocycles. The lowest BCUT2D eigenvalue weighted by atomic mass is 10.2. The van der Waals surface area contributed by atoms with Crippen LogP contribution in [-0.2, 0) is 0 Å². The van der Waals surface area contributed by atoms with E-state index in [9.17, 15) is 4.91 Å². The van der Waals surface area contributed by atoms with Crippen LogP contribution in [0.4, 0.5) is 5.69 Å². The van der Waals surface area contributed by atoms with Gasteiger partial charge in [-0.3, -0.25) is 0 Å². The Morgan fingerprint density at radius 2 is 2.18 bits per heavy atom. The highest BCUT2D eigenvalue weighted by Crippen LogP contribution is 2.22. The molecule has 0 aliphatic rings. The van der Waals surface area contributed by atoms with Gasteiger partial charge in [0.25, 0.3) is 0 Å². The lowest BCUT2D eigenvalue weighted by Crippen LogP contribution is -1.84. The fourth-order valence-corrected chi connectivity index (χ4v) is 0.919. The third-order valence-electron chi connectivity index (χ3n) is 1.48. The van der Waals surface area contributed by atoms with Gasteiger partial charge in [-0.1, -0.05) is 0 Å². The number of rotatable bonds is 2. The summed E-state index contributed by atoms with van der Waals surface area (Å²) in [5.41, 5.74) is 1.35. The van der Waals surface area contributed by atoms with Crippen LogP contribution in [0.1, 0.15) is 5.56 Å². The van der Waals surface area contributed by atoms with Crippen molar-refractivity contribution in [3.05, 3.63) is 28.7 Å². The minimum Gasteiger partial charge on any atom is -0.496 e. The van der Waals surface area contributed by atoms with Gasteiger partial charge in [-0.15, -0.1) is 4.91 Å². The van der Waals surface area contributed by atoms with E-state index in [2.05, 4.69) is 5.18 Å². The molecule has 3 heteroatoms. The van der Waals surface area contributed by atoms with Crippen LogP contribution < -0.4 is 4.74 Å². The van der Waals surface area contributed by atoms with Gasteiger partial charge in [0.1, 0.15) is 11.4 Å². The predicted molar refractivity (Wildman–Crippen MR) is 43.2 cm³/mol. The monoisotopic (exact) mass is 151 g/mol. The van der Waals surface area contributed by atoms with Crippen LogP contribution in [0, 0.1) is 11.8 Å². The van der Waals surface area contributed by atoms with E-state index in [1.54, 1.807) is 25.3 Å². The van der Waals surface area contributed by atoms with E-state index in [4.69, 9.17) is 4.74 Å². The molecule has 1 aromatic rings. The Balaban J connectivity index is 3.09. The van der Waals surface area contributed by atoms with Crippen molar-refractivity contribution in [1.29, 1.82) is 0 Å². The Bertz CT molecular complexity index is 271. The Kier molecular flexibility index (Phi) is 2.21. The molecule has 58 valence electrons. The smallest absolute Gasteiger partial charge is 0.121 e. The minimum absolute atomic E-state index is 0.434. The van der Waals surface area contributed by atoms with Crippen molar-refractivity contribution in [2.75, 3.05) is 7.11 Å². The van der Waals surface area contributed by atoms with E-state index in [-0.39, 0.29) is 0 Å². The highest BCUT2D eigenvalue weighted by Gasteiger charge is 1.98. The number of hydrogen-bond acceptors (Lipinski definition) is 3. The quantitative estimate of drug-likeness (QED) is 0.609. The molecular formula is C8H9NO2. The van der Waals surface area contributed by atoms with Crippen LogP contribution in [0.15, 0.2) is 23.4 Å². The molecular weight excluding hydrogens is 142 g/mol. The van der Waals surface area contributed by atoms with E-state index >= 15 is 0 Å². The van der Waals surface area contributed by atoms with E-state index in [1.807, 2.05) is 6.92 Å². The van der Waals surface area contributed by atoms with Gasteiger partial charge in [0.2, 0.25) is 0 Å². The number of nitroso groups, excluding NO2 is 1. The summed E-state index contributed by atoms with van der Waals surface area (Å²) in [4.78, 5) is 10.1. The molecule has 0 N–H and O–H groups in total. The standard InChI is InChI=1S/C8H9NO2/c1-6-5-7(9-10)3-4-8(6)11-2/h3-5H,1-2H3. The van der Waals surface area contributed by atoms with Gasteiger partial charge in [-0.05, 0) is 35.9 Å². The highest BCUT2D eigenvalue weighted by atomic mass is 16.5. The highest BCUT2D eigenvalue weighted by molar-refractivity contribution is 5.46. The summed E-state index contributed by atoms with van der Waals surface area (Å²) < 4.78 is 5.00. The van der Waals surface area contributed by atoms with Crippen LogP contribution in [0.2, 0.25) is 0 Å². The SMILES string of the molecule is COc1ccc(N=O)cc1C. The predicted octanol–water partition coefficient (Wildman–Crippen LogP) is 2.40. The molecule has 0 amide bonds. The van der Waals surface area contributed by atoms with Crippen LogP contribution >= 0.6 is 0 Å². The van der Waals surface area contributed by atoms with Crippen LogP contribution in [0.5, 0.6) is 5.75 Å². The lowest BCUT2D eigenvalue weighted by Gasteiger charge is -2.02. The summed E-state index contributed by atoms with van der Waals surface area (Å²) >= 11 is 0. The second-order valence-corrected chi connectivity index (χ2v) is 2.25. The molecule has 0 bridgehead atoms. The number of ether oxygens (including phenoxy) is 1.